The van der Waals surface area contributed by atoms with Gasteiger partial charge >= 0.3 is 5.97 Å². The van der Waals surface area contributed by atoms with Gasteiger partial charge in [0.25, 0.3) is 0 Å². The van der Waals surface area contributed by atoms with E-state index < -0.39 is 21.7 Å². The molecule has 1 atom stereocenters. The maximum Gasteiger partial charge on any atom is 0.306 e. The van der Waals surface area contributed by atoms with E-state index in [1.807, 2.05) is 54.6 Å². The summed E-state index contributed by atoms with van der Waals surface area (Å²) in [5.41, 5.74) is 7.21. The molecule has 0 aromatic heterocycles. The third-order valence-electron chi connectivity index (χ3n) is 4.71. The predicted molar refractivity (Wildman–Crippen MR) is 124 cm³/mol. The number of ether oxygens (including phenoxy) is 1. The standard InChI is InChI=1S/C24H25NO4S2/c1-2-29-24(26)16-19(18-6-4-3-5-7-18)17-31(27,28)23-14-12-22(13-15-23)30-21-10-8-20(25)9-11-21/h3-15,19H,2,16-17,25H2,1H3. The van der Waals surface area contributed by atoms with Gasteiger partial charge in [-0.3, -0.25) is 4.79 Å². The van der Waals surface area contributed by atoms with Gasteiger partial charge in [0, 0.05) is 21.4 Å². The molecule has 5 nitrogen and oxygen atoms in total. The van der Waals surface area contributed by atoms with Gasteiger partial charge in [-0.2, -0.15) is 0 Å². The SMILES string of the molecule is CCOC(=O)CC(CS(=O)(=O)c1ccc(Sc2ccc(N)cc2)cc1)c1ccccc1. The molecule has 0 aliphatic rings. The molecule has 31 heavy (non-hydrogen) atoms. The first kappa shape index (κ1) is 22.9. The molecule has 3 aromatic carbocycles. The van der Waals surface area contributed by atoms with E-state index in [2.05, 4.69) is 0 Å². The maximum absolute atomic E-state index is 13.1. The Labute approximate surface area is 187 Å². The minimum absolute atomic E-state index is 0.0160. The number of anilines is 1. The number of rotatable bonds is 9. The first-order valence-corrected chi connectivity index (χ1v) is 12.4. The van der Waals surface area contributed by atoms with Crippen LogP contribution >= 0.6 is 11.8 Å². The lowest BCUT2D eigenvalue weighted by molar-refractivity contribution is -0.143. The number of benzene rings is 3. The molecule has 0 amide bonds. The smallest absolute Gasteiger partial charge is 0.306 e. The zero-order valence-corrected chi connectivity index (χ0v) is 18.9. The Balaban J connectivity index is 1.76. The quantitative estimate of drug-likeness (QED) is 0.364. The summed E-state index contributed by atoms with van der Waals surface area (Å²) in [5.74, 6) is -1.05. The van der Waals surface area contributed by atoms with Crippen LogP contribution in [0.15, 0.2) is 93.5 Å². The molecule has 3 aromatic rings. The normalized spacial score (nSPS) is 12.3. The molecule has 0 radical (unpaired) electrons. The van der Waals surface area contributed by atoms with E-state index in [0.717, 1.165) is 15.4 Å². The van der Waals surface area contributed by atoms with Crippen LogP contribution in [0.25, 0.3) is 0 Å². The first-order chi connectivity index (χ1) is 14.9. The summed E-state index contributed by atoms with van der Waals surface area (Å²) in [7, 11) is -3.60. The van der Waals surface area contributed by atoms with Gasteiger partial charge in [-0.25, -0.2) is 8.42 Å². The van der Waals surface area contributed by atoms with E-state index in [1.165, 1.54) is 11.8 Å². The molecular formula is C24H25NO4S2. The van der Waals surface area contributed by atoms with Crippen LogP contribution in [0.3, 0.4) is 0 Å². The van der Waals surface area contributed by atoms with Crippen molar-refractivity contribution in [3.63, 3.8) is 0 Å². The van der Waals surface area contributed by atoms with Crippen molar-refractivity contribution >= 4 is 33.3 Å². The molecule has 0 saturated carbocycles. The Bertz CT molecular complexity index is 1100. The molecule has 0 aliphatic heterocycles. The minimum Gasteiger partial charge on any atom is -0.466 e. The zero-order chi connectivity index (χ0) is 22.3. The highest BCUT2D eigenvalue weighted by molar-refractivity contribution is 7.99. The second kappa shape index (κ2) is 10.5. The molecule has 7 heteroatoms. The van der Waals surface area contributed by atoms with Gasteiger partial charge in [0.1, 0.15) is 0 Å². The number of sulfone groups is 1. The van der Waals surface area contributed by atoms with Crippen molar-refractivity contribution in [2.75, 3.05) is 18.1 Å². The summed E-state index contributed by atoms with van der Waals surface area (Å²) >= 11 is 1.53. The zero-order valence-electron chi connectivity index (χ0n) is 17.2. The summed E-state index contributed by atoms with van der Waals surface area (Å²) in [4.78, 5) is 14.2. The van der Waals surface area contributed by atoms with Crippen molar-refractivity contribution in [3.05, 3.63) is 84.4 Å². The van der Waals surface area contributed by atoms with Crippen LogP contribution < -0.4 is 5.73 Å². The Morgan fingerprint density at radius 1 is 0.935 bits per heavy atom. The second-order valence-electron chi connectivity index (χ2n) is 7.04. The molecule has 1 unspecified atom stereocenters. The highest BCUT2D eigenvalue weighted by Gasteiger charge is 2.25. The molecule has 0 heterocycles. The number of hydrogen-bond acceptors (Lipinski definition) is 6. The van der Waals surface area contributed by atoms with E-state index in [0.29, 0.717) is 5.69 Å². The third kappa shape index (κ3) is 6.60. The minimum atomic E-state index is -3.60. The van der Waals surface area contributed by atoms with Gasteiger partial charge in [0.15, 0.2) is 9.84 Å². The van der Waals surface area contributed by atoms with Gasteiger partial charge in [-0.15, -0.1) is 0 Å². The monoisotopic (exact) mass is 455 g/mol. The molecular weight excluding hydrogens is 430 g/mol. The van der Waals surface area contributed by atoms with Crippen molar-refractivity contribution in [1.82, 2.24) is 0 Å². The molecule has 0 bridgehead atoms. The molecule has 0 spiro atoms. The van der Waals surface area contributed by atoms with E-state index in [9.17, 15) is 13.2 Å². The topological polar surface area (TPSA) is 86.5 Å². The van der Waals surface area contributed by atoms with Crippen molar-refractivity contribution in [1.29, 1.82) is 0 Å². The lowest BCUT2D eigenvalue weighted by atomic mass is 9.98. The fraction of sp³-hybridized carbons (Fsp3) is 0.208. The molecule has 0 saturated heterocycles. The Morgan fingerprint density at radius 2 is 1.52 bits per heavy atom. The highest BCUT2D eigenvalue weighted by Crippen LogP contribution is 2.30. The highest BCUT2D eigenvalue weighted by atomic mass is 32.2. The summed E-state index contributed by atoms with van der Waals surface area (Å²) in [5, 5.41) is 0. The van der Waals surface area contributed by atoms with Crippen molar-refractivity contribution in [2.45, 2.75) is 33.9 Å². The largest absolute Gasteiger partial charge is 0.466 e. The fourth-order valence-corrected chi connectivity index (χ4v) is 5.57. The lowest BCUT2D eigenvalue weighted by Gasteiger charge is -2.17. The lowest BCUT2D eigenvalue weighted by Crippen LogP contribution is -2.19. The van der Waals surface area contributed by atoms with Gasteiger partial charge in [-0.05, 0) is 61.0 Å². The summed E-state index contributed by atoms with van der Waals surface area (Å²) < 4.78 is 31.2. The average Bonchev–Trinajstić information content (AvgIpc) is 2.76. The van der Waals surface area contributed by atoms with Gasteiger partial charge in [0.2, 0.25) is 0 Å². The number of nitrogen functional groups attached to an aromatic ring is 1. The number of nitrogens with two attached hydrogens (primary N) is 1. The van der Waals surface area contributed by atoms with E-state index in [4.69, 9.17) is 10.5 Å². The Hall–Kier alpha value is -2.77. The van der Waals surface area contributed by atoms with Crippen molar-refractivity contribution < 1.29 is 17.9 Å². The number of carbonyl (C=O) groups is 1. The maximum atomic E-state index is 13.1. The Morgan fingerprint density at radius 3 is 2.10 bits per heavy atom. The molecule has 2 N–H and O–H groups in total. The molecule has 162 valence electrons. The van der Waals surface area contributed by atoms with Crippen LogP contribution in [0.5, 0.6) is 0 Å². The number of carbonyl (C=O) groups excluding carboxylic acids is 1. The molecule has 0 aliphatic carbocycles. The van der Waals surface area contributed by atoms with Crippen molar-refractivity contribution in [2.24, 2.45) is 0 Å². The third-order valence-corrected chi connectivity index (χ3v) is 7.56. The average molecular weight is 456 g/mol. The summed E-state index contributed by atoms with van der Waals surface area (Å²) in [6, 6.07) is 23.5. The molecule has 0 fully saturated rings. The predicted octanol–water partition coefficient (Wildman–Crippen LogP) is 4.93. The molecule has 3 rings (SSSR count). The van der Waals surface area contributed by atoms with Crippen molar-refractivity contribution in [3.8, 4) is 0 Å². The fourth-order valence-electron chi connectivity index (χ4n) is 3.17. The summed E-state index contributed by atoms with van der Waals surface area (Å²) in [6.45, 7) is 2.00. The van der Waals surface area contributed by atoms with Gasteiger partial charge in [0.05, 0.1) is 23.7 Å². The second-order valence-corrected chi connectivity index (χ2v) is 10.2. The number of esters is 1. The van der Waals surface area contributed by atoms with Crippen LogP contribution in [0, 0.1) is 0 Å². The van der Waals surface area contributed by atoms with Crippen LogP contribution in [0.1, 0.15) is 24.8 Å². The first-order valence-electron chi connectivity index (χ1n) is 9.94. The van der Waals surface area contributed by atoms with Crippen LogP contribution in [0.2, 0.25) is 0 Å². The van der Waals surface area contributed by atoms with Gasteiger partial charge < -0.3 is 10.5 Å². The Kier molecular flexibility index (Phi) is 7.76. The summed E-state index contributed by atoms with van der Waals surface area (Å²) in [6.07, 6.45) is 0.0160. The van der Waals surface area contributed by atoms with Gasteiger partial charge in [-0.1, -0.05) is 42.1 Å². The van der Waals surface area contributed by atoms with E-state index in [-0.39, 0.29) is 23.7 Å². The van der Waals surface area contributed by atoms with E-state index >= 15 is 0 Å². The van der Waals surface area contributed by atoms with Crippen LogP contribution in [-0.2, 0) is 19.4 Å². The van der Waals surface area contributed by atoms with Crippen LogP contribution in [-0.4, -0.2) is 26.7 Å². The van der Waals surface area contributed by atoms with Crippen LogP contribution in [0.4, 0.5) is 5.69 Å². The van der Waals surface area contributed by atoms with E-state index in [1.54, 1.807) is 31.2 Å². The number of hydrogen-bond donors (Lipinski definition) is 1.